The smallest absolute Gasteiger partial charge is 0.410 e. The Morgan fingerprint density at radius 1 is 1.02 bits per heavy atom. The van der Waals surface area contributed by atoms with Crippen LogP contribution >= 0.6 is 11.6 Å². The van der Waals surface area contributed by atoms with Gasteiger partial charge in [-0.25, -0.2) is 36.9 Å². The number of carbonyl (C=O) groups is 1. The Morgan fingerprint density at radius 2 is 1.76 bits per heavy atom. The predicted octanol–water partition coefficient (Wildman–Crippen LogP) is 8.49. The molecule has 1 atom stereocenters. The third kappa shape index (κ3) is 8.15. The lowest BCUT2D eigenvalue weighted by molar-refractivity contribution is 0.0206. The Kier molecular flexibility index (Phi) is 10.0. The molecule has 0 saturated carbocycles. The van der Waals surface area contributed by atoms with E-state index in [9.17, 15) is 13.2 Å². The molecule has 0 bridgehead atoms. The lowest BCUT2D eigenvalue weighted by atomic mass is 10.0. The number of amides is 1. The van der Waals surface area contributed by atoms with Gasteiger partial charge in [0.2, 0.25) is 21.9 Å². The molecule has 51 heavy (non-hydrogen) atoms. The van der Waals surface area contributed by atoms with E-state index in [1.54, 1.807) is 59.8 Å². The first-order valence-electron chi connectivity index (χ1n) is 16.4. The monoisotopic (exact) mass is 732 g/mol. The molecule has 0 aliphatic carbocycles. The van der Waals surface area contributed by atoms with Crippen molar-refractivity contribution in [2.45, 2.75) is 52.2 Å². The molecule has 1 unspecified atom stereocenters. The van der Waals surface area contributed by atoms with Gasteiger partial charge in [0, 0.05) is 47.3 Å². The summed E-state index contributed by atoms with van der Waals surface area (Å²) in [7, 11) is -4.00. The van der Waals surface area contributed by atoms with Crippen LogP contribution in [-0.2, 0) is 14.8 Å². The van der Waals surface area contributed by atoms with Crippen LogP contribution in [0.5, 0.6) is 11.6 Å². The number of sulfonamides is 1. The fourth-order valence-corrected chi connectivity index (χ4v) is 7.11. The number of piperidine rings is 1. The summed E-state index contributed by atoms with van der Waals surface area (Å²) in [6.45, 7) is 8.42. The number of hydrogen-bond acceptors (Lipinski definition) is 9. The van der Waals surface area contributed by atoms with E-state index in [-0.39, 0.29) is 29.4 Å². The van der Waals surface area contributed by atoms with Gasteiger partial charge in [-0.15, -0.1) is 0 Å². The summed E-state index contributed by atoms with van der Waals surface area (Å²) in [6.07, 6.45) is 5.50. The second-order valence-corrected chi connectivity index (χ2v) is 15.6. The van der Waals surface area contributed by atoms with Crippen LogP contribution in [0.25, 0.3) is 22.0 Å². The second kappa shape index (κ2) is 14.3. The number of rotatable bonds is 8. The largest absolute Gasteiger partial charge is 0.444 e. The molecule has 3 heterocycles. The topological polar surface area (TPSA) is 127 Å². The number of nitrogens with zero attached hydrogens (tertiary/aromatic N) is 5. The van der Waals surface area contributed by atoms with E-state index in [0.717, 1.165) is 23.4 Å². The first kappa shape index (κ1) is 35.8. The van der Waals surface area contributed by atoms with Crippen molar-refractivity contribution in [2.75, 3.05) is 29.0 Å². The SMILES string of the molecule is Cc1ccc2c(N(c3ccc(Cl)cc3)S(C)(=O)=O)c(F)ccc2c1Oc1ncccc1-c1ccnc(NC2CCCN(C(=O)OC(C)(C)C)C2)n1. The van der Waals surface area contributed by atoms with Gasteiger partial charge in [0.1, 0.15) is 22.9 Å². The standard InChI is InChI=1S/C37H38ClFN6O5S/c1-23-10-15-27-28(16-17-30(39)32(27)45(51(5,47)48)26-13-11-24(38)12-14-26)33(23)49-34-29(9-6-19-40-34)31-18-20-41-35(43-31)42-25-8-7-21-44(22-25)36(46)50-37(2,3)4/h6,9-20,25H,7-8,21-22H2,1-5H3,(H,41,42,43). The average molecular weight is 733 g/mol. The maximum absolute atomic E-state index is 15.7. The van der Waals surface area contributed by atoms with Gasteiger partial charge in [0.05, 0.1) is 23.2 Å². The lowest BCUT2D eigenvalue weighted by Gasteiger charge is -2.34. The molecule has 1 saturated heterocycles. The van der Waals surface area contributed by atoms with E-state index in [1.165, 1.54) is 18.2 Å². The Morgan fingerprint density at radius 3 is 2.49 bits per heavy atom. The molecule has 1 aliphatic rings. The number of ether oxygens (including phenoxy) is 2. The van der Waals surface area contributed by atoms with Gasteiger partial charge in [-0.3, -0.25) is 0 Å². The van der Waals surface area contributed by atoms with Crippen LogP contribution in [0.2, 0.25) is 5.02 Å². The summed E-state index contributed by atoms with van der Waals surface area (Å²) in [5, 5.41) is 4.56. The van der Waals surface area contributed by atoms with Crippen molar-refractivity contribution >= 4 is 55.8 Å². The van der Waals surface area contributed by atoms with E-state index >= 15 is 4.39 Å². The Bertz CT molecular complexity index is 2200. The first-order valence-corrected chi connectivity index (χ1v) is 18.6. The highest BCUT2D eigenvalue weighted by molar-refractivity contribution is 7.92. The number of aromatic nitrogens is 3. The summed E-state index contributed by atoms with van der Waals surface area (Å²) in [5.74, 6) is 0.248. The van der Waals surface area contributed by atoms with Crippen molar-refractivity contribution in [3.63, 3.8) is 0 Å². The van der Waals surface area contributed by atoms with Crippen molar-refractivity contribution in [3.05, 3.63) is 95.5 Å². The Hall–Kier alpha value is -5.01. The van der Waals surface area contributed by atoms with Crippen LogP contribution in [0, 0.1) is 12.7 Å². The maximum Gasteiger partial charge on any atom is 0.410 e. The number of benzene rings is 3. The van der Waals surface area contributed by atoms with E-state index < -0.39 is 21.4 Å². The van der Waals surface area contributed by atoms with Crippen molar-refractivity contribution in [2.24, 2.45) is 0 Å². The van der Waals surface area contributed by atoms with Gasteiger partial charge in [-0.1, -0.05) is 23.7 Å². The van der Waals surface area contributed by atoms with E-state index in [4.69, 9.17) is 26.1 Å². The summed E-state index contributed by atoms with van der Waals surface area (Å²) < 4.78 is 55.0. The Labute approximate surface area is 301 Å². The molecular formula is C37H38ClFN6O5S. The molecule has 1 amide bonds. The molecule has 11 nitrogen and oxygen atoms in total. The van der Waals surface area contributed by atoms with Crippen molar-refractivity contribution in [1.82, 2.24) is 19.9 Å². The summed E-state index contributed by atoms with van der Waals surface area (Å²) in [6, 6.07) is 17.5. The molecule has 2 aromatic heterocycles. The molecule has 0 spiro atoms. The molecule has 14 heteroatoms. The summed E-state index contributed by atoms with van der Waals surface area (Å²) in [5.41, 5.74) is 1.30. The van der Waals surface area contributed by atoms with Crippen LogP contribution in [-0.4, -0.2) is 65.4 Å². The van der Waals surface area contributed by atoms with Gasteiger partial charge >= 0.3 is 6.09 Å². The predicted molar refractivity (Wildman–Crippen MR) is 197 cm³/mol. The minimum absolute atomic E-state index is 0.0848. The summed E-state index contributed by atoms with van der Waals surface area (Å²) >= 11 is 6.07. The number of anilines is 3. The summed E-state index contributed by atoms with van der Waals surface area (Å²) in [4.78, 5) is 28.1. The van der Waals surface area contributed by atoms with Gasteiger partial charge in [0.15, 0.2) is 0 Å². The minimum Gasteiger partial charge on any atom is -0.444 e. The van der Waals surface area contributed by atoms with E-state index in [0.29, 0.717) is 57.4 Å². The molecule has 1 fully saturated rings. The quantitative estimate of drug-likeness (QED) is 0.167. The fraction of sp³-hybridized carbons (Fsp3) is 0.297. The highest BCUT2D eigenvalue weighted by Crippen LogP contribution is 2.43. The number of fused-ring (bicyclic) bond motifs is 1. The number of likely N-dealkylation sites (tertiary alicyclic amines) is 1. The molecule has 0 radical (unpaired) electrons. The third-order valence-corrected chi connectivity index (χ3v) is 9.48. The highest BCUT2D eigenvalue weighted by Gasteiger charge is 2.29. The number of hydrogen-bond donors (Lipinski definition) is 1. The van der Waals surface area contributed by atoms with Gasteiger partial charge in [-0.2, -0.15) is 0 Å². The molecule has 1 N–H and O–H groups in total. The van der Waals surface area contributed by atoms with E-state index in [2.05, 4.69) is 15.3 Å². The Balaban J connectivity index is 1.32. The number of nitrogens with one attached hydrogen (secondary N) is 1. The van der Waals surface area contributed by atoms with Crippen molar-refractivity contribution < 1.29 is 27.1 Å². The van der Waals surface area contributed by atoms with Crippen LogP contribution < -0.4 is 14.4 Å². The zero-order valence-corrected chi connectivity index (χ0v) is 30.4. The number of halogens is 2. The van der Waals surface area contributed by atoms with Crippen molar-refractivity contribution in [3.8, 4) is 22.9 Å². The van der Waals surface area contributed by atoms with Crippen molar-refractivity contribution in [1.29, 1.82) is 0 Å². The van der Waals surface area contributed by atoms with Gasteiger partial charge in [0.25, 0.3) is 0 Å². The number of pyridine rings is 1. The number of aryl methyl sites for hydroxylation is 1. The molecule has 3 aromatic carbocycles. The normalized spacial score (nSPS) is 15.0. The van der Waals surface area contributed by atoms with Gasteiger partial charge in [-0.05, 0) is 101 Å². The number of carbonyl (C=O) groups excluding carboxylic acids is 1. The van der Waals surface area contributed by atoms with Crippen LogP contribution in [0.15, 0.2) is 79.1 Å². The second-order valence-electron chi connectivity index (χ2n) is 13.3. The first-order chi connectivity index (χ1) is 24.2. The van der Waals surface area contributed by atoms with Crippen LogP contribution in [0.3, 0.4) is 0 Å². The van der Waals surface area contributed by atoms with Crippen LogP contribution in [0.4, 0.5) is 26.5 Å². The van der Waals surface area contributed by atoms with Gasteiger partial charge < -0.3 is 19.7 Å². The molecule has 6 rings (SSSR count). The average Bonchev–Trinajstić information content (AvgIpc) is 3.07. The molecule has 5 aromatic rings. The maximum atomic E-state index is 15.7. The lowest BCUT2D eigenvalue weighted by Crippen LogP contribution is -2.47. The zero-order valence-electron chi connectivity index (χ0n) is 28.9. The zero-order chi connectivity index (χ0) is 36.5. The van der Waals surface area contributed by atoms with Crippen LogP contribution in [0.1, 0.15) is 39.2 Å². The fourth-order valence-electron chi connectivity index (χ4n) is 5.96. The third-order valence-electron chi connectivity index (χ3n) is 8.17. The molecule has 266 valence electrons. The minimum atomic E-state index is -4.00. The highest BCUT2D eigenvalue weighted by atomic mass is 35.5. The van der Waals surface area contributed by atoms with E-state index in [1.807, 2.05) is 33.8 Å². The molecule has 1 aliphatic heterocycles. The molecular weight excluding hydrogens is 695 g/mol.